The fourth-order valence-corrected chi connectivity index (χ4v) is 2.98. The van der Waals surface area contributed by atoms with Gasteiger partial charge in [-0.25, -0.2) is 4.98 Å². The summed E-state index contributed by atoms with van der Waals surface area (Å²) in [5, 5.41) is 2.54. The molecular weight excluding hydrogens is 316 g/mol. The van der Waals surface area contributed by atoms with Crippen molar-refractivity contribution in [3.8, 4) is 0 Å². The smallest absolute Gasteiger partial charge is 0.251 e. The summed E-state index contributed by atoms with van der Waals surface area (Å²) < 4.78 is 0. The molecule has 0 radical (unpaired) electrons. The van der Waals surface area contributed by atoms with Crippen LogP contribution in [0, 0.1) is 0 Å². The number of halogens is 1. The Labute approximate surface area is 139 Å². The van der Waals surface area contributed by atoms with Crippen molar-refractivity contribution >= 4 is 34.4 Å². The Morgan fingerprint density at radius 3 is 2.83 bits per heavy atom. The van der Waals surface area contributed by atoms with Gasteiger partial charge in [0.15, 0.2) is 0 Å². The van der Waals surface area contributed by atoms with Gasteiger partial charge in [0.1, 0.15) is 5.38 Å². The maximum absolute atomic E-state index is 12.4. The van der Waals surface area contributed by atoms with Crippen LogP contribution in [0.5, 0.6) is 0 Å². The van der Waals surface area contributed by atoms with Crippen LogP contribution in [0.3, 0.4) is 0 Å². The molecule has 0 saturated carbocycles. The number of fused-ring (bicyclic) bond motifs is 1. The predicted molar refractivity (Wildman–Crippen MR) is 88.5 cm³/mol. The largest absolute Gasteiger partial charge is 0.349 e. The number of piperidine rings is 1. The van der Waals surface area contributed by atoms with Crippen LogP contribution in [0.25, 0.3) is 11.0 Å². The first-order valence-corrected chi connectivity index (χ1v) is 8.15. The van der Waals surface area contributed by atoms with Crippen LogP contribution in [-0.4, -0.2) is 51.2 Å². The van der Waals surface area contributed by atoms with Gasteiger partial charge in [-0.2, -0.15) is 0 Å². The topological polar surface area (TPSA) is 78.1 Å². The first kappa shape index (κ1) is 15.8. The number of imidazole rings is 1. The van der Waals surface area contributed by atoms with Crippen LogP contribution in [0.2, 0.25) is 0 Å². The summed E-state index contributed by atoms with van der Waals surface area (Å²) in [7, 11) is 0. The molecule has 2 aromatic rings. The first-order chi connectivity index (χ1) is 11.0. The molecule has 1 atom stereocenters. The summed E-state index contributed by atoms with van der Waals surface area (Å²) >= 11 is 5.83. The lowest BCUT2D eigenvalue weighted by Gasteiger charge is -2.33. The number of nitrogens with zero attached hydrogens (tertiary/aromatic N) is 2. The highest BCUT2D eigenvalue weighted by atomic mass is 35.5. The van der Waals surface area contributed by atoms with E-state index in [0.29, 0.717) is 18.7 Å². The average molecular weight is 335 g/mol. The molecule has 23 heavy (non-hydrogen) atoms. The minimum absolute atomic E-state index is 0.0406. The lowest BCUT2D eigenvalue weighted by Crippen LogP contribution is -2.48. The molecule has 1 saturated heterocycles. The number of rotatable bonds is 3. The second-order valence-electron chi connectivity index (χ2n) is 5.82. The summed E-state index contributed by atoms with van der Waals surface area (Å²) in [6.07, 6.45) is 3.09. The molecule has 2 N–H and O–H groups in total. The van der Waals surface area contributed by atoms with E-state index in [9.17, 15) is 9.59 Å². The summed E-state index contributed by atoms with van der Waals surface area (Å²) in [6.45, 7) is 2.93. The third-order valence-electron chi connectivity index (χ3n) is 4.16. The number of amides is 2. The zero-order chi connectivity index (χ0) is 16.4. The molecule has 122 valence electrons. The molecule has 1 aromatic heterocycles. The minimum Gasteiger partial charge on any atom is -0.349 e. The monoisotopic (exact) mass is 334 g/mol. The highest BCUT2D eigenvalue weighted by Crippen LogP contribution is 2.15. The molecule has 1 aromatic carbocycles. The van der Waals surface area contributed by atoms with Gasteiger partial charge in [-0.15, -0.1) is 11.6 Å². The van der Waals surface area contributed by atoms with Gasteiger partial charge in [0, 0.05) is 24.7 Å². The Bertz CT molecular complexity index is 720. The van der Waals surface area contributed by atoms with Crippen molar-refractivity contribution in [1.29, 1.82) is 0 Å². The van der Waals surface area contributed by atoms with E-state index in [4.69, 9.17) is 11.6 Å². The first-order valence-electron chi connectivity index (χ1n) is 7.71. The Morgan fingerprint density at radius 2 is 2.13 bits per heavy atom. The summed E-state index contributed by atoms with van der Waals surface area (Å²) in [4.78, 5) is 33.1. The number of aromatic nitrogens is 2. The SMILES string of the molecule is CC(Cl)C(=O)N1CCC(NC(=O)c2ccc3nc[nH]c3c2)CC1. The Kier molecular flexibility index (Phi) is 4.52. The fraction of sp³-hybridized carbons (Fsp3) is 0.438. The highest BCUT2D eigenvalue weighted by molar-refractivity contribution is 6.30. The van der Waals surface area contributed by atoms with E-state index in [1.54, 1.807) is 30.3 Å². The summed E-state index contributed by atoms with van der Waals surface area (Å²) in [5.74, 6) is -0.141. The average Bonchev–Trinajstić information content (AvgIpc) is 3.02. The number of benzene rings is 1. The lowest BCUT2D eigenvalue weighted by molar-refractivity contribution is -0.131. The maximum atomic E-state index is 12.4. The van der Waals surface area contributed by atoms with E-state index in [1.165, 1.54) is 0 Å². The van der Waals surface area contributed by atoms with Crippen LogP contribution in [0.1, 0.15) is 30.1 Å². The third kappa shape index (κ3) is 3.47. The summed E-state index contributed by atoms with van der Waals surface area (Å²) in [6, 6.07) is 5.47. The number of hydrogen-bond donors (Lipinski definition) is 2. The quantitative estimate of drug-likeness (QED) is 0.842. The van der Waals surface area contributed by atoms with Gasteiger partial charge >= 0.3 is 0 Å². The summed E-state index contributed by atoms with van der Waals surface area (Å²) in [5.41, 5.74) is 2.28. The Balaban J connectivity index is 1.57. The van der Waals surface area contributed by atoms with E-state index in [1.807, 2.05) is 6.07 Å². The number of likely N-dealkylation sites (tertiary alicyclic amines) is 1. The number of alkyl halides is 1. The van der Waals surface area contributed by atoms with Crippen LogP contribution in [0.15, 0.2) is 24.5 Å². The van der Waals surface area contributed by atoms with Gasteiger partial charge in [0.2, 0.25) is 5.91 Å². The zero-order valence-electron chi connectivity index (χ0n) is 12.9. The number of hydrogen-bond acceptors (Lipinski definition) is 3. The van der Waals surface area contributed by atoms with Gasteiger partial charge < -0.3 is 15.2 Å². The number of carbonyl (C=O) groups is 2. The number of nitrogens with one attached hydrogen (secondary N) is 2. The molecule has 1 aliphatic rings. The molecule has 1 unspecified atom stereocenters. The molecule has 0 bridgehead atoms. The second-order valence-corrected chi connectivity index (χ2v) is 6.48. The van der Waals surface area contributed by atoms with Crippen LogP contribution < -0.4 is 5.32 Å². The molecule has 2 heterocycles. The van der Waals surface area contributed by atoms with Crippen molar-refractivity contribution < 1.29 is 9.59 Å². The van der Waals surface area contributed by atoms with Gasteiger partial charge in [-0.05, 0) is 38.0 Å². The lowest BCUT2D eigenvalue weighted by atomic mass is 10.0. The second kappa shape index (κ2) is 6.58. The van der Waals surface area contributed by atoms with E-state index in [0.717, 1.165) is 23.9 Å². The third-order valence-corrected chi connectivity index (χ3v) is 4.35. The van der Waals surface area contributed by atoms with Crippen molar-refractivity contribution in [3.63, 3.8) is 0 Å². The van der Waals surface area contributed by atoms with E-state index in [-0.39, 0.29) is 17.9 Å². The standard InChI is InChI=1S/C16H19ClN4O2/c1-10(17)16(23)21-6-4-12(5-7-21)20-15(22)11-2-3-13-14(8-11)19-9-18-13/h2-3,8-10,12H,4-7H2,1H3,(H,18,19)(H,20,22). The molecule has 1 fully saturated rings. The Hall–Kier alpha value is -2.08. The van der Waals surface area contributed by atoms with E-state index < -0.39 is 5.38 Å². The van der Waals surface area contributed by atoms with Gasteiger partial charge in [0.05, 0.1) is 17.4 Å². The van der Waals surface area contributed by atoms with Crippen molar-refractivity contribution in [2.45, 2.75) is 31.2 Å². The van der Waals surface area contributed by atoms with Crippen molar-refractivity contribution in [2.75, 3.05) is 13.1 Å². The van der Waals surface area contributed by atoms with Gasteiger partial charge in [-0.1, -0.05) is 0 Å². The molecule has 2 amide bonds. The van der Waals surface area contributed by atoms with Gasteiger partial charge in [0.25, 0.3) is 5.91 Å². The number of carbonyl (C=O) groups excluding carboxylic acids is 2. The zero-order valence-corrected chi connectivity index (χ0v) is 13.6. The molecule has 0 aliphatic carbocycles. The maximum Gasteiger partial charge on any atom is 0.251 e. The van der Waals surface area contributed by atoms with E-state index in [2.05, 4.69) is 15.3 Å². The predicted octanol–water partition coefficient (Wildman–Crippen LogP) is 1.91. The molecule has 7 heteroatoms. The molecular formula is C16H19ClN4O2. The molecule has 3 rings (SSSR count). The van der Waals surface area contributed by atoms with Crippen molar-refractivity contribution in [3.05, 3.63) is 30.1 Å². The van der Waals surface area contributed by atoms with Crippen LogP contribution in [-0.2, 0) is 4.79 Å². The molecule has 1 aliphatic heterocycles. The van der Waals surface area contributed by atoms with Crippen LogP contribution >= 0.6 is 11.6 Å². The van der Waals surface area contributed by atoms with Crippen molar-refractivity contribution in [1.82, 2.24) is 20.2 Å². The molecule has 0 spiro atoms. The normalized spacial score (nSPS) is 17.2. The van der Waals surface area contributed by atoms with Crippen LogP contribution in [0.4, 0.5) is 0 Å². The fourth-order valence-electron chi connectivity index (χ4n) is 2.84. The van der Waals surface area contributed by atoms with Gasteiger partial charge in [-0.3, -0.25) is 9.59 Å². The number of aromatic amines is 1. The van der Waals surface area contributed by atoms with E-state index >= 15 is 0 Å². The molecule has 6 nitrogen and oxygen atoms in total. The minimum atomic E-state index is -0.498. The number of H-pyrrole nitrogens is 1. The highest BCUT2D eigenvalue weighted by Gasteiger charge is 2.26. The Morgan fingerprint density at radius 1 is 1.39 bits per heavy atom. The van der Waals surface area contributed by atoms with Crippen molar-refractivity contribution in [2.24, 2.45) is 0 Å².